The van der Waals surface area contributed by atoms with Crippen molar-refractivity contribution in [1.82, 2.24) is 14.9 Å². The van der Waals surface area contributed by atoms with Gasteiger partial charge in [-0.25, -0.2) is 4.98 Å². The lowest BCUT2D eigenvalue weighted by atomic mass is 10.0. The number of nitrogens with zero attached hydrogens (tertiary/aromatic N) is 2. The third-order valence-electron chi connectivity index (χ3n) is 4.80. The molecule has 0 aliphatic rings. The number of carbonyl (C=O) groups is 2. The Morgan fingerprint density at radius 2 is 1.96 bits per heavy atom. The van der Waals surface area contributed by atoms with Crippen molar-refractivity contribution in [3.63, 3.8) is 0 Å². The summed E-state index contributed by atoms with van der Waals surface area (Å²) < 4.78 is 1.15. The van der Waals surface area contributed by atoms with Crippen LogP contribution in [0.4, 0.5) is 0 Å². The van der Waals surface area contributed by atoms with E-state index in [2.05, 4.69) is 16.0 Å². The van der Waals surface area contributed by atoms with Gasteiger partial charge in [0.05, 0.1) is 28.5 Å². The number of H-pyrrole nitrogens is 1. The molecule has 0 radical (unpaired) electrons. The lowest BCUT2D eigenvalue weighted by Crippen LogP contribution is -2.36. The summed E-state index contributed by atoms with van der Waals surface area (Å²) in [6.45, 7) is 7.67. The fourth-order valence-corrected chi connectivity index (χ4v) is 4.30. The molecule has 26 heavy (non-hydrogen) atoms. The molecule has 1 N–H and O–H groups in total. The second-order valence-corrected chi connectivity index (χ2v) is 7.83. The maximum absolute atomic E-state index is 13.0. The fourth-order valence-electron chi connectivity index (χ4n) is 3.27. The zero-order valence-corrected chi connectivity index (χ0v) is 16.5. The number of aromatic nitrogens is 2. The summed E-state index contributed by atoms with van der Waals surface area (Å²) >= 11 is 1.65. The molecule has 1 atom stereocenters. The number of carbonyl (C=O) groups excluding carboxylic acids is 2. The molecule has 0 saturated heterocycles. The molecule has 6 heteroatoms. The lowest BCUT2D eigenvalue weighted by Gasteiger charge is -2.22. The van der Waals surface area contributed by atoms with Crippen LogP contribution in [-0.2, 0) is 6.54 Å². The first kappa shape index (κ1) is 18.5. The lowest BCUT2D eigenvalue weighted by molar-refractivity contribution is 0.0856. The number of likely N-dealkylation sites (N-methyl/N-ethyl adjacent to an activating group) is 1. The maximum atomic E-state index is 13.0. The van der Waals surface area contributed by atoms with Crippen molar-refractivity contribution in [3.8, 4) is 0 Å². The smallest absolute Gasteiger partial charge is 0.196 e. The van der Waals surface area contributed by atoms with Gasteiger partial charge in [0, 0.05) is 11.3 Å². The van der Waals surface area contributed by atoms with Crippen LogP contribution in [0.3, 0.4) is 0 Å². The number of Topliss-reactive ketones (excluding diaryl/α,β-unsaturated/α-hetero) is 2. The third kappa shape index (κ3) is 3.34. The number of para-hydroxylation sites is 1. The van der Waals surface area contributed by atoms with Crippen molar-refractivity contribution < 1.29 is 9.59 Å². The molecule has 2 aromatic heterocycles. The predicted octanol–water partition coefficient (Wildman–Crippen LogP) is 4.15. The Morgan fingerprint density at radius 1 is 1.27 bits per heavy atom. The van der Waals surface area contributed by atoms with Crippen molar-refractivity contribution in [1.29, 1.82) is 0 Å². The van der Waals surface area contributed by atoms with Gasteiger partial charge in [-0.05, 0) is 52.4 Å². The van der Waals surface area contributed by atoms with Crippen LogP contribution in [0.2, 0.25) is 0 Å². The quantitative estimate of drug-likeness (QED) is 0.663. The van der Waals surface area contributed by atoms with Crippen molar-refractivity contribution in [2.75, 3.05) is 7.05 Å². The largest absolute Gasteiger partial charge is 0.355 e. The average molecular weight is 369 g/mol. The Kier molecular flexibility index (Phi) is 5.07. The monoisotopic (exact) mass is 369 g/mol. The Labute approximate surface area is 157 Å². The molecule has 0 aliphatic carbocycles. The molecule has 0 saturated carbocycles. The topological polar surface area (TPSA) is 66.1 Å². The van der Waals surface area contributed by atoms with Crippen molar-refractivity contribution >= 4 is 33.1 Å². The first-order chi connectivity index (χ1) is 12.3. The van der Waals surface area contributed by atoms with Gasteiger partial charge >= 0.3 is 0 Å². The second-order valence-electron chi connectivity index (χ2n) is 6.71. The van der Waals surface area contributed by atoms with Crippen LogP contribution in [0.15, 0.2) is 24.3 Å². The molecule has 3 aromatic rings. The van der Waals surface area contributed by atoms with Crippen LogP contribution in [0.5, 0.6) is 0 Å². The molecule has 1 aromatic carbocycles. The molecular formula is C20H23N3O2S. The minimum atomic E-state index is -0.321. The van der Waals surface area contributed by atoms with E-state index in [0.29, 0.717) is 17.8 Å². The first-order valence-corrected chi connectivity index (χ1v) is 9.40. The standard InChI is InChI=1S/C20H23N3O2S/c1-11-18(14(4)24)12(2)21-19(11)20(25)13(3)23(5)10-17-22-15-8-6-7-9-16(15)26-17/h6-9,13,21H,10H2,1-5H3/t13-/m0/s1. The Balaban J connectivity index is 1.79. The van der Waals surface area contributed by atoms with Gasteiger partial charge in [-0.15, -0.1) is 11.3 Å². The maximum Gasteiger partial charge on any atom is 0.196 e. The summed E-state index contributed by atoms with van der Waals surface area (Å²) in [6, 6.07) is 7.71. The van der Waals surface area contributed by atoms with E-state index in [9.17, 15) is 9.59 Å². The summed E-state index contributed by atoms with van der Waals surface area (Å²) in [5.41, 5.74) is 3.62. The van der Waals surface area contributed by atoms with E-state index in [0.717, 1.165) is 26.5 Å². The van der Waals surface area contributed by atoms with E-state index in [1.165, 1.54) is 6.92 Å². The molecule has 0 bridgehead atoms. The molecule has 5 nitrogen and oxygen atoms in total. The summed E-state index contributed by atoms with van der Waals surface area (Å²) in [5.74, 6) is -0.0347. The summed E-state index contributed by atoms with van der Waals surface area (Å²) in [4.78, 5) is 34.5. The van der Waals surface area contributed by atoms with E-state index >= 15 is 0 Å². The number of benzene rings is 1. The SMILES string of the molecule is CC(=O)c1c(C)[nH]c(C(=O)[C@H](C)N(C)Cc2nc3ccccc3s2)c1C. The molecule has 2 heterocycles. The van der Waals surface area contributed by atoms with Gasteiger partial charge < -0.3 is 4.98 Å². The van der Waals surface area contributed by atoms with Crippen LogP contribution in [-0.4, -0.2) is 39.5 Å². The highest BCUT2D eigenvalue weighted by Gasteiger charge is 2.26. The van der Waals surface area contributed by atoms with Gasteiger partial charge in [0.25, 0.3) is 0 Å². The van der Waals surface area contributed by atoms with Crippen molar-refractivity contribution in [2.24, 2.45) is 0 Å². The Hall–Kier alpha value is -2.31. The van der Waals surface area contributed by atoms with Crippen LogP contribution in [0.1, 0.15) is 51.0 Å². The minimum Gasteiger partial charge on any atom is -0.355 e. The Bertz CT molecular complexity index is 953. The molecule has 0 aliphatic heterocycles. The van der Waals surface area contributed by atoms with E-state index < -0.39 is 0 Å². The highest BCUT2D eigenvalue weighted by molar-refractivity contribution is 7.18. The van der Waals surface area contributed by atoms with Crippen molar-refractivity contribution in [2.45, 2.75) is 40.3 Å². The molecule has 0 spiro atoms. The second kappa shape index (κ2) is 7.13. The summed E-state index contributed by atoms with van der Waals surface area (Å²) in [6.07, 6.45) is 0. The number of rotatable bonds is 6. The van der Waals surface area contributed by atoms with Gasteiger partial charge in [0.1, 0.15) is 5.01 Å². The summed E-state index contributed by atoms with van der Waals surface area (Å²) in [7, 11) is 1.92. The number of hydrogen-bond donors (Lipinski definition) is 1. The van der Waals surface area contributed by atoms with Crippen LogP contribution >= 0.6 is 11.3 Å². The molecule has 136 valence electrons. The zero-order chi connectivity index (χ0) is 19.0. The number of hydrogen-bond acceptors (Lipinski definition) is 5. The Morgan fingerprint density at radius 3 is 2.58 bits per heavy atom. The number of fused-ring (bicyclic) bond motifs is 1. The third-order valence-corrected chi connectivity index (χ3v) is 5.82. The average Bonchev–Trinajstić information content (AvgIpc) is 3.12. The molecular weight excluding hydrogens is 346 g/mol. The number of aryl methyl sites for hydroxylation is 1. The highest BCUT2D eigenvalue weighted by atomic mass is 32.1. The first-order valence-electron chi connectivity index (χ1n) is 8.58. The number of ketones is 2. The van der Waals surface area contributed by atoms with Crippen LogP contribution in [0, 0.1) is 13.8 Å². The predicted molar refractivity (Wildman–Crippen MR) is 105 cm³/mol. The number of nitrogens with one attached hydrogen (secondary N) is 1. The van der Waals surface area contributed by atoms with Crippen LogP contribution in [0.25, 0.3) is 10.2 Å². The number of aromatic amines is 1. The van der Waals surface area contributed by atoms with E-state index in [1.54, 1.807) is 11.3 Å². The minimum absolute atomic E-state index is 0.0123. The van der Waals surface area contributed by atoms with Crippen molar-refractivity contribution in [3.05, 3.63) is 51.8 Å². The van der Waals surface area contributed by atoms with Gasteiger partial charge in [0.2, 0.25) is 0 Å². The van der Waals surface area contributed by atoms with E-state index in [1.807, 2.05) is 50.9 Å². The normalized spacial score (nSPS) is 12.7. The molecule has 3 rings (SSSR count). The van der Waals surface area contributed by atoms with E-state index in [4.69, 9.17) is 0 Å². The van der Waals surface area contributed by atoms with Gasteiger partial charge in [-0.2, -0.15) is 0 Å². The molecule has 0 amide bonds. The highest BCUT2D eigenvalue weighted by Crippen LogP contribution is 2.24. The van der Waals surface area contributed by atoms with E-state index in [-0.39, 0.29) is 17.6 Å². The molecule has 0 unspecified atom stereocenters. The van der Waals surface area contributed by atoms with Gasteiger partial charge in [-0.3, -0.25) is 14.5 Å². The number of thiazole rings is 1. The zero-order valence-electron chi connectivity index (χ0n) is 15.7. The fraction of sp³-hybridized carbons (Fsp3) is 0.350. The molecule has 0 fully saturated rings. The summed E-state index contributed by atoms with van der Waals surface area (Å²) in [5, 5.41) is 0.983. The van der Waals surface area contributed by atoms with Crippen LogP contribution < -0.4 is 0 Å². The van der Waals surface area contributed by atoms with Gasteiger partial charge in [-0.1, -0.05) is 12.1 Å². The van der Waals surface area contributed by atoms with Gasteiger partial charge in [0.15, 0.2) is 11.6 Å².